The first-order valence-corrected chi connectivity index (χ1v) is 12.6. The lowest BCUT2D eigenvalue weighted by Crippen LogP contribution is -2.31. The van der Waals surface area contributed by atoms with Crippen molar-refractivity contribution < 1.29 is 13.9 Å². The van der Waals surface area contributed by atoms with E-state index in [1.54, 1.807) is 31.3 Å². The molecule has 0 unspecified atom stereocenters. The molecule has 0 spiro atoms. The van der Waals surface area contributed by atoms with Crippen LogP contribution in [-0.2, 0) is 4.79 Å². The summed E-state index contributed by atoms with van der Waals surface area (Å²) in [5.41, 5.74) is 7.61. The van der Waals surface area contributed by atoms with Gasteiger partial charge in [-0.1, -0.05) is 24.3 Å². The summed E-state index contributed by atoms with van der Waals surface area (Å²) in [7, 11) is 1.66. The minimum Gasteiger partial charge on any atom is -0.439 e. The van der Waals surface area contributed by atoms with Gasteiger partial charge in [0.1, 0.15) is 29.1 Å². The van der Waals surface area contributed by atoms with Gasteiger partial charge in [0, 0.05) is 30.0 Å². The fourth-order valence-electron chi connectivity index (χ4n) is 5.21. The van der Waals surface area contributed by atoms with Crippen LogP contribution >= 0.6 is 0 Å². The summed E-state index contributed by atoms with van der Waals surface area (Å²) in [5, 5.41) is 8.69. The second-order valence-corrected chi connectivity index (χ2v) is 9.43. The van der Waals surface area contributed by atoms with Crippen molar-refractivity contribution in [2.45, 2.75) is 31.7 Å². The number of anilines is 1. The van der Waals surface area contributed by atoms with Crippen LogP contribution in [0.5, 0.6) is 11.6 Å². The molecule has 2 aromatic carbocycles. The van der Waals surface area contributed by atoms with Crippen LogP contribution in [0.25, 0.3) is 33.2 Å². The second-order valence-electron chi connectivity index (χ2n) is 9.43. The molecule has 6 rings (SSSR count). The maximum absolute atomic E-state index is 16.1. The first-order valence-electron chi connectivity index (χ1n) is 12.6. The average Bonchev–Trinajstić information content (AvgIpc) is 3.34. The number of halogens is 1. The number of benzene rings is 2. The predicted octanol–water partition coefficient (Wildman–Crippen LogP) is 5.03. The molecule has 0 atom stereocenters. The van der Waals surface area contributed by atoms with E-state index in [1.807, 2.05) is 35.0 Å². The number of amides is 1. The summed E-state index contributed by atoms with van der Waals surface area (Å²) in [5.74, 6) is 0.626. The van der Waals surface area contributed by atoms with Crippen LogP contribution in [0, 0.1) is 11.7 Å². The van der Waals surface area contributed by atoms with Crippen LogP contribution < -0.4 is 15.8 Å². The summed E-state index contributed by atoms with van der Waals surface area (Å²) in [6.07, 6.45) is 4.36. The number of fused-ring (bicyclic) bond motifs is 2. The third-order valence-corrected chi connectivity index (χ3v) is 7.17. The van der Waals surface area contributed by atoms with Crippen molar-refractivity contribution in [2.75, 3.05) is 12.8 Å². The second kappa shape index (κ2) is 9.70. The number of hydrogen-bond acceptors (Lipinski definition) is 7. The van der Waals surface area contributed by atoms with Gasteiger partial charge in [-0.15, -0.1) is 0 Å². The Hall–Kier alpha value is -4.60. The van der Waals surface area contributed by atoms with Crippen LogP contribution in [0.1, 0.15) is 31.7 Å². The Morgan fingerprint density at radius 3 is 2.58 bits per heavy atom. The molecular formula is C28H26FN7O2. The number of nitrogens with zero attached hydrogens (tertiary/aromatic N) is 5. The zero-order chi connectivity index (χ0) is 26.2. The van der Waals surface area contributed by atoms with E-state index in [0.717, 1.165) is 25.7 Å². The number of nitrogens with two attached hydrogens (primary N) is 1. The van der Waals surface area contributed by atoms with Crippen molar-refractivity contribution in [1.82, 2.24) is 30.0 Å². The van der Waals surface area contributed by atoms with Crippen LogP contribution in [0.4, 0.5) is 10.2 Å². The Kier molecular flexibility index (Phi) is 6.07. The molecule has 0 saturated heterocycles. The lowest BCUT2D eigenvalue weighted by Gasteiger charge is -2.27. The van der Waals surface area contributed by atoms with E-state index in [4.69, 9.17) is 15.6 Å². The van der Waals surface area contributed by atoms with Crippen LogP contribution in [0.3, 0.4) is 0 Å². The van der Waals surface area contributed by atoms with E-state index in [2.05, 4.69) is 20.3 Å². The monoisotopic (exact) mass is 511 g/mol. The zero-order valence-electron chi connectivity index (χ0n) is 20.8. The molecule has 5 aromatic rings. The molecular weight excluding hydrogens is 485 g/mol. The minimum absolute atomic E-state index is 0.00831. The van der Waals surface area contributed by atoms with Gasteiger partial charge in [0.05, 0.1) is 11.4 Å². The highest BCUT2D eigenvalue weighted by atomic mass is 19.1. The van der Waals surface area contributed by atoms with Crippen molar-refractivity contribution in [2.24, 2.45) is 5.92 Å². The quantitative estimate of drug-likeness (QED) is 0.339. The van der Waals surface area contributed by atoms with Gasteiger partial charge < -0.3 is 15.8 Å². The van der Waals surface area contributed by atoms with Gasteiger partial charge >= 0.3 is 0 Å². The molecule has 0 radical (unpaired) electrons. The van der Waals surface area contributed by atoms with Crippen molar-refractivity contribution in [3.8, 4) is 22.9 Å². The third kappa shape index (κ3) is 4.17. The van der Waals surface area contributed by atoms with E-state index in [0.29, 0.717) is 27.9 Å². The molecule has 1 amide bonds. The summed E-state index contributed by atoms with van der Waals surface area (Å²) in [6.45, 7) is 0. The number of para-hydroxylation sites is 1. The number of ether oxygens (including phenoxy) is 1. The van der Waals surface area contributed by atoms with Gasteiger partial charge in [-0.2, -0.15) is 5.10 Å². The predicted molar refractivity (Wildman–Crippen MR) is 142 cm³/mol. The molecule has 3 aromatic heterocycles. The van der Waals surface area contributed by atoms with Gasteiger partial charge in [0.2, 0.25) is 11.8 Å². The molecule has 3 heterocycles. The minimum atomic E-state index is -0.529. The highest BCUT2D eigenvalue weighted by molar-refractivity contribution is 6.00. The number of nitrogens with one attached hydrogen (secondary N) is 1. The fraction of sp³-hybridized carbons (Fsp3) is 0.250. The van der Waals surface area contributed by atoms with Gasteiger partial charge in [-0.25, -0.2) is 24.0 Å². The van der Waals surface area contributed by atoms with Gasteiger partial charge in [0.25, 0.3) is 0 Å². The molecule has 3 N–H and O–H groups in total. The first-order chi connectivity index (χ1) is 18.5. The topological polar surface area (TPSA) is 121 Å². The molecule has 10 heteroatoms. The highest BCUT2D eigenvalue weighted by Crippen LogP contribution is 2.39. The summed E-state index contributed by atoms with van der Waals surface area (Å²) in [4.78, 5) is 25.2. The SMILES string of the molecule is CNC(=O)C1CCC(n2nc(-c3ccc4ccc(Oc5ccccc5)nc4c3F)c3c(N)ncnc32)CC1. The molecule has 192 valence electrons. The maximum atomic E-state index is 16.1. The van der Waals surface area contributed by atoms with Crippen molar-refractivity contribution in [1.29, 1.82) is 0 Å². The van der Waals surface area contributed by atoms with E-state index in [-0.39, 0.29) is 40.6 Å². The van der Waals surface area contributed by atoms with Gasteiger partial charge in [-0.3, -0.25) is 4.79 Å². The molecule has 0 aliphatic heterocycles. The lowest BCUT2D eigenvalue weighted by molar-refractivity contribution is -0.125. The fourth-order valence-corrected chi connectivity index (χ4v) is 5.21. The summed E-state index contributed by atoms with van der Waals surface area (Å²) in [6, 6.07) is 16.2. The Morgan fingerprint density at radius 2 is 1.82 bits per heavy atom. The first kappa shape index (κ1) is 23.8. The third-order valence-electron chi connectivity index (χ3n) is 7.17. The number of carbonyl (C=O) groups excluding carboxylic acids is 1. The molecule has 0 bridgehead atoms. The lowest BCUT2D eigenvalue weighted by atomic mass is 9.85. The van der Waals surface area contributed by atoms with Crippen molar-refractivity contribution in [3.05, 3.63) is 66.7 Å². The smallest absolute Gasteiger partial charge is 0.222 e. The highest BCUT2D eigenvalue weighted by Gasteiger charge is 2.30. The largest absolute Gasteiger partial charge is 0.439 e. The summed E-state index contributed by atoms with van der Waals surface area (Å²) < 4.78 is 23.7. The standard InChI is InChI=1S/C28H26FN7O2/c1-31-28(37)17-7-11-18(12-8-17)36-27-22(26(30)32-15-33-27)25(35-36)20-13-9-16-10-14-21(34-24(16)23(20)29)38-19-5-3-2-4-6-19/h2-6,9-10,13-15,17-18H,7-8,11-12H2,1H3,(H,31,37)(H2,30,32,33). The number of aromatic nitrogens is 5. The molecule has 1 fully saturated rings. The Morgan fingerprint density at radius 1 is 1.05 bits per heavy atom. The number of rotatable bonds is 5. The zero-order valence-corrected chi connectivity index (χ0v) is 20.8. The molecule has 1 aliphatic carbocycles. The molecule has 1 aliphatic rings. The Labute approximate surface area is 217 Å². The number of hydrogen-bond donors (Lipinski definition) is 2. The van der Waals surface area contributed by atoms with Crippen molar-refractivity contribution >= 4 is 33.7 Å². The van der Waals surface area contributed by atoms with Crippen molar-refractivity contribution in [3.63, 3.8) is 0 Å². The van der Waals surface area contributed by atoms with Crippen LogP contribution in [-0.4, -0.2) is 37.7 Å². The molecule has 9 nitrogen and oxygen atoms in total. The van der Waals surface area contributed by atoms with Gasteiger partial charge in [0.15, 0.2) is 11.5 Å². The molecule has 1 saturated carbocycles. The Bertz CT molecular complexity index is 1650. The average molecular weight is 512 g/mol. The number of carbonyl (C=O) groups is 1. The van der Waals surface area contributed by atoms with Gasteiger partial charge in [-0.05, 0) is 49.9 Å². The Balaban J connectivity index is 1.41. The van der Waals surface area contributed by atoms with E-state index in [1.165, 1.54) is 6.33 Å². The van der Waals surface area contributed by atoms with E-state index in [9.17, 15) is 4.79 Å². The van der Waals surface area contributed by atoms with E-state index >= 15 is 4.39 Å². The normalized spacial score (nSPS) is 17.5. The van der Waals surface area contributed by atoms with E-state index < -0.39 is 5.82 Å². The maximum Gasteiger partial charge on any atom is 0.222 e. The molecule has 38 heavy (non-hydrogen) atoms. The number of pyridine rings is 1. The number of nitrogen functional groups attached to an aromatic ring is 1. The summed E-state index contributed by atoms with van der Waals surface area (Å²) >= 11 is 0. The van der Waals surface area contributed by atoms with Crippen LogP contribution in [0.2, 0.25) is 0 Å². The van der Waals surface area contributed by atoms with Crippen LogP contribution in [0.15, 0.2) is 60.9 Å².